The fourth-order valence-electron chi connectivity index (χ4n) is 2.79. The Morgan fingerprint density at radius 1 is 1.44 bits per heavy atom. The molecule has 0 spiro atoms. The molecule has 1 aliphatic rings. The van der Waals surface area contributed by atoms with Gasteiger partial charge < -0.3 is 15.0 Å². The number of halogens is 1. The van der Waals surface area contributed by atoms with Crippen molar-refractivity contribution < 1.29 is 13.9 Å². The number of ether oxygens (including phenoxy) is 1. The summed E-state index contributed by atoms with van der Waals surface area (Å²) in [4.78, 5) is 25.4. The van der Waals surface area contributed by atoms with Crippen LogP contribution in [0.1, 0.15) is 18.7 Å². The van der Waals surface area contributed by atoms with E-state index in [0.29, 0.717) is 24.7 Å². The summed E-state index contributed by atoms with van der Waals surface area (Å²) >= 11 is 0. The lowest BCUT2D eigenvalue weighted by molar-refractivity contribution is 0.165. The monoisotopic (exact) mass is 349 g/mol. The Morgan fingerprint density at radius 3 is 2.88 bits per heavy atom. The number of rotatable bonds is 5. The molecule has 0 radical (unpaired) electrons. The second-order valence-corrected chi connectivity index (χ2v) is 5.92. The zero-order valence-corrected chi connectivity index (χ0v) is 13.9. The highest BCUT2D eigenvalue weighted by atomic mass is 19.1. The average Bonchev–Trinajstić information content (AvgIpc) is 3.20. The van der Waals surface area contributed by atoms with Crippen molar-refractivity contribution in [3.63, 3.8) is 0 Å². The van der Waals surface area contributed by atoms with Crippen molar-refractivity contribution in [3.05, 3.63) is 46.4 Å². The summed E-state index contributed by atoms with van der Waals surface area (Å²) in [6.07, 6.45) is 1.74. The molecule has 1 atom stereocenters. The molecule has 1 fully saturated rings. The van der Waals surface area contributed by atoms with Crippen LogP contribution in [0.15, 0.2) is 29.1 Å². The fraction of sp³-hybridized carbons (Fsp3) is 0.438. The van der Waals surface area contributed by atoms with Crippen molar-refractivity contribution >= 4 is 6.03 Å². The number of carbonyl (C=O) groups is 1. The van der Waals surface area contributed by atoms with Crippen molar-refractivity contribution in [2.75, 3.05) is 13.2 Å². The minimum atomic E-state index is -0.323. The Hall–Kier alpha value is -2.84. The van der Waals surface area contributed by atoms with Gasteiger partial charge in [-0.1, -0.05) is 0 Å². The number of nitrogens with zero attached hydrogens (tertiary/aromatic N) is 3. The first kappa shape index (κ1) is 17.0. The van der Waals surface area contributed by atoms with Crippen LogP contribution < -0.4 is 15.7 Å². The van der Waals surface area contributed by atoms with Crippen LogP contribution in [0.2, 0.25) is 0 Å². The summed E-state index contributed by atoms with van der Waals surface area (Å²) in [5, 5.41) is 8.95. The van der Waals surface area contributed by atoms with Gasteiger partial charge in [0.25, 0.3) is 0 Å². The van der Waals surface area contributed by atoms with E-state index in [1.165, 1.54) is 16.7 Å². The Bertz CT molecular complexity index is 786. The van der Waals surface area contributed by atoms with Crippen LogP contribution in [-0.4, -0.2) is 44.9 Å². The van der Waals surface area contributed by atoms with E-state index in [1.807, 2.05) is 0 Å². The van der Waals surface area contributed by atoms with Crippen LogP contribution in [0.4, 0.5) is 9.18 Å². The summed E-state index contributed by atoms with van der Waals surface area (Å²) in [5.74, 6) is 0.707. The molecule has 0 bridgehead atoms. The van der Waals surface area contributed by atoms with Crippen LogP contribution >= 0.6 is 0 Å². The van der Waals surface area contributed by atoms with E-state index in [1.54, 1.807) is 24.1 Å². The molecular weight excluding hydrogens is 329 g/mol. The predicted molar refractivity (Wildman–Crippen MR) is 87.7 cm³/mol. The number of likely N-dealkylation sites (tertiary alicyclic amines) is 1. The highest BCUT2D eigenvalue weighted by Crippen LogP contribution is 2.19. The Morgan fingerprint density at radius 2 is 2.20 bits per heavy atom. The van der Waals surface area contributed by atoms with Gasteiger partial charge in [0.2, 0.25) is 0 Å². The Kier molecular flexibility index (Phi) is 5.01. The summed E-state index contributed by atoms with van der Waals surface area (Å²) in [6, 6.07) is 5.53. The number of amides is 2. The minimum Gasteiger partial charge on any atom is -0.491 e. The number of aromatic amines is 1. The number of hydrogen-bond acceptors (Lipinski definition) is 4. The van der Waals surface area contributed by atoms with Gasteiger partial charge >= 0.3 is 11.7 Å². The summed E-state index contributed by atoms with van der Waals surface area (Å²) in [5.41, 5.74) is -0.323. The largest absolute Gasteiger partial charge is 0.491 e. The number of benzene rings is 1. The van der Waals surface area contributed by atoms with E-state index in [-0.39, 0.29) is 30.1 Å². The molecule has 134 valence electrons. The van der Waals surface area contributed by atoms with Crippen LogP contribution in [0.5, 0.6) is 5.75 Å². The van der Waals surface area contributed by atoms with Gasteiger partial charge in [-0.25, -0.2) is 19.1 Å². The smallest absolute Gasteiger partial charge is 0.343 e. The molecule has 1 aromatic carbocycles. The molecule has 25 heavy (non-hydrogen) atoms. The summed E-state index contributed by atoms with van der Waals surface area (Å²) in [6.45, 7) is 1.15. The van der Waals surface area contributed by atoms with Gasteiger partial charge in [-0.15, -0.1) is 0 Å². The van der Waals surface area contributed by atoms with Gasteiger partial charge in [0.15, 0.2) is 5.82 Å². The van der Waals surface area contributed by atoms with E-state index in [2.05, 4.69) is 15.5 Å². The lowest BCUT2D eigenvalue weighted by atomic mass is 10.2. The molecule has 2 N–H and O–H groups in total. The Labute approximate surface area is 143 Å². The zero-order chi connectivity index (χ0) is 17.8. The first-order chi connectivity index (χ1) is 12.0. The predicted octanol–water partition coefficient (Wildman–Crippen LogP) is 1.00. The van der Waals surface area contributed by atoms with Crippen molar-refractivity contribution in [2.45, 2.75) is 25.4 Å². The molecule has 1 aliphatic heterocycles. The average molecular weight is 349 g/mol. The molecule has 1 saturated heterocycles. The molecule has 0 saturated carbocycles. The maximum Gasteiger partial charge on any atom is 0.343 e. The van der Waals surface area contributed by atoms with Crippen LogP contribution in [0.3, 0.4) is 0 Å². The summed E-state index contributed by atoms with van der Waals surface area (Å²) in [7, 11) is 1.59. The summed E-state index contributed by atoms with van der Waals surface area (Å²) < 4.78 is 19.9. The van der Waals surface area contributed by atoms with E-state index >= 15 is 0 Å². The topological polar surface area (TPSA) is 92.2 Å². The molecule has 2 aromatic rings. The number of H-pyrrole nitrogens is 1. The van der Waals surface area contributed by atoms with Crippen molar-refractivity contribution in [1.29, 1.82) is 0 Å². The molecule has 8 nitrogen and oxygen atoms in total. The first-order valence-corrected chi connectivity index (χ1v) is 8.07. The molecule has 2 amide bonds. The Balaban J connectivity index is 1.53. The number of carbonyl (C=O) groups excluding carboxylic acids is 1. The second-order valence-electron chi connectivity index (χ2n) is 5.92. The van der Waals surface area contributed by atoms with Gasteiger partial charge in [0, 0.05) is 13.6 Å². The first-order valence-electron chi connectivity index (χ1n) is 8.07. The van der Waals surface area contributed by atoms with E-state index in [4.69, 9.17) is 4.74 Å². The highest BCUT2D eigenvalue weighted by Gasteiger charge is 2.29. The molecule has 2 heterocycles. The van der Waals surface area contributed by atoms with Gasteiger partial charge in [-0.05, 0) is 37.1 Å². The number of nitrogens with one attached hydrogen (secondary N) is 2. The lowest BCUT2D eigenvalue weighted by Gasteiger charge is -2.25. The standard InChI is InChI=1S/C16H20FN5O3/c1-21-14(19-20-16(21)24)9-18-15(23)22-8-2-3-12(22)10-25-13-6-4-11(17)5-7-13/h4-7,12H,2-3,8-10H2,1H3,(H,18,23)(H,20,24)/t12-/m0/s1. The van der Waals surface area contributed by atoms with Gasteiger partial charge in [0.1, 0.15) is 18.2 Å². The molecular formula is C16H20FN5O3. The quantitative estimate of drug-likeness (QED) is 0.842. The van der Waals surface area contributed by atoms with Crippen molar-refractivity contribution in [3.8, 4) is 5.75 Å². The van der Waals surface area contributed by atoms with Crippen molar-refractivity contribution in [1.82, 2.24) is 25.0 Å². The fourth-order valence-corrected chi connectivity index (χ4v) is 2.79. The third-order valence-corrected chi connectivity index (χ3v) is 4.26. The molecule has 3 rings (SSSR count). The molecule has 0 unspecified atom stereocenters. The molecule has 1 aromatic heterocycles. The lowest BCUT2D eigenvalue weighted by Crippen LogP contribution is -2.45. The number of hydrogen-bond donors (Lipinski definition) is 2. The molecule has 9 heteroatoms. The third kappa shape index (κ3) is 3.98. The maximum absolute atomic E-state index is 12.9. The van der Waals surface area contributed by atoms with Gasteiger partial charge in [-0.2, -0.15) is 5.10 Å². The normalized spacial score (nSPS) is 16.9. The van der Waals surface area contributed by atoms with Gasteiger partial charge in [-0.3, -0.25) is 4.57 Å². The van der Waals surface area contributed by atoms with E-state index in [0.717, 1.165) is 12.8 Å². The van der Waals surface area contributed by atoms with Crippen molar-refractivity contribution in [2.24, 2.45) is 7.05 Å². The van der Waals surface area contributed by atoms with E-state index < -0.39 is 0 Å². The number of aromatic nitrogens is 3. The minimum absolute atomic E-state index is 0.0481. The highest BCUT2D eigenvalue weighted by molar-refractivity contribution is 5.74. The van der Waals surface area contributed by atoms with Crippen LogP contribution in [-0.2, 0) is 13.6 Å². The SMILES string of the molecule is Cn1c(CNC(=O)N2CCC[C@H]2COc2ccc(F)cc2)n[nH]c1=O. The van der Waals surface area contributed by atoms with E-state index in [9.17, 15) is 14.0 Å². The third-order valence-electron chi connectivity index (χ3n) is 4.26. The van der Waals surface area contributed by atoms with Crippen LogP contribution in [0.25, 0.3) is 0 Å². The second kappa shape index (κ2) is 7.37. The maximum atomic E-state index is 12.9. The zero-order valence-electron chi connectivity index (χ0n) is 13.9. The molecule has 0 aliphatic carbocycles. The number of urea groups is 1. The van der Waals surface area contributed by atoms with Gasteiger partial charge in [0.05, 0.1) is 12.6 Å². The van der Waals surface area contributed by atoms with Crippen LogP contribution in [0, 0.1) is 5.82 Å².